The highest BCUT2D eigenvalue weighted by atomic mass is 16.5. The van der Waals surface area contributed by atoms with E-state index >= 15 is 0 Å². The van der Waals surface area contributed by atoms with Gasteiger partial charge < -0.3 is 19.5 Å². The van der Waals surface area contributed by atoms with Gasteiger partial charge >= 0.3 is 0 Å². The van der Waals surface area contributed by atoms with Gasteiger partial charge in [-0.3, -0.25) is 9.59 Å². The second-order valence-corrected chi connectivity index (χ2v) is 7.54. The standard InChI is InChI=1S/C26H29NO5/c1-4-13-27-23(18-9-7-11-20(16-18)31-14-5-2)22(25(29)26(27)30)24(28)19-10-8-12-21(17-19)32-15-6-3/h5,7-12,16-17,23,28H,2,4,6,13-15H2,1,3H3/b24-22-. The molecule has 1 heterocycles. The maximum Gasteiger partial charge on any atom is 0.295 e. The minimum absolute atomic E-state index is 0.0666. The van der Waals surface area contributed by atoms with Crippen LogP contribution in [0.25, 0.3) is 5.76 Å². The van der Waals surface area contributed by atoms with E-state index in [1.54, 1.807) is 48.5 Å². The molecule has 1 fully saturated rings. The van der Waals surface area contributed by atoms with E-state index in [0.717, 1.165) is 6.42 Å². The van der Waals surface area contributed by atoms with E-state index in [2.05, 4.69) is 6.58 Å². The lowest BCUT2D eigenvalue weighted by Gasteiger charge is -2.25. The average Bonchev–Trinajstić information content (AvgIpc) is 3.06. The zero-order chi connectivity index (χ0) is 23.1. The maximum absolute atomic E-state index is 13.0. The summed E-state index contributed by atoms with van der Waals surface area (Å²) in [6, 6.07) is 13.4. The molecule has 168 valence electrons. The van der Waals surface area contributed by atoms with Gasteiger partial charge in [0, 0.05) is 12.1 Å². The fourth-order valence-electron chi connectivity index (χ4n) is 3.74. The summed E-state index contributed by atoms with van der Waals surface area (Å²) in [7, 11) is 0. The fraction of sp³-hybridized carbons (Fsp3) is 0.308. The van der Waals surface area contributed by atoms with Crippen LogP contribution < -0.4 is 9.47 Å². The van der Waals surface area contributed by atoms with E-state index in [1.165, 1.54) is 4.90 Å². The first-order chi connectivity index (χ1) is 15.5. The van der Waals surface area contributed by atoms with Gasteiger partial charge in [0.1, 0.15) is 23.9 Å². The first kappa shape index (κ1) is 23.1. The summed E-state index contributed by atoms with van der Waals surface area (Å²) in [6.45, 7) is 8.87. The first-order valence-corrected chi connectivity index (χ1v) is 10.9. The Hall–Kier alpha value is -3.54. The van der Waals surface area contributed by atoms with Crippen molar-refractivity contribution in [3.8, 4) is 11.5 Å². The molecule has 1 aliphatic rings. The van der Waals surface area contributed by atoms with Gasteiger partial charge in [-0.05, 0) is 42.7 Å². The number of rotatable bonds is 10. The Balaban J connectivity index is 2.10. The van der Waals surface area contributed by atoms with E-state index in [4.69, 9.17) is 9.47 Å². The third-order valence-corrected chi connectivity index (χ3v) is 5.13. The van der Waals surface area contributed by atoms with Crippen molar-refractivity contribution in [2.45, 2.75) is 32.7 Å². The Labute approximate surface area is 188 Å². The molecule has 6 nitrogen and oxygen atoms in total. The average molecular weight is 436 g/mol. The van der Waals surface area contributed by atoms with Crippen LogP contribution in [-0.4, -0.2) is 41.5 Å². The van der Waals surface area contributed by atoms with E-state index in [1.807, 2.05) is 19.9 Å². The van der Waals surface area contributed by atoms with Gasteiger partial charge in [-0.25, -0.2) is 0 Å². The molecule has 2 aromatic carbocycles. The van der Waals surface area contributed by atoms with Crippen molar-refractivity contribution in [1.82, 2.24) is 4.90 Å². The second-order valence-electron chi connectivity index (χ2n) is 7.54. The normalized spacial score (nSPS) is 17.4. The molecule has 1 unspecified atom stereocenters. The molecule has 6 heteroatoms. The number of aliphatic hydroxyl groups is 1. The summed E-state index contributed by atoms with van der Waals surface area (Å²) in [6.07, 6.45) is 3.17. The highest BCUT2D eigenvalue weighted by Gasteiger charge is 2.45. The molecule has 0 bridgehead atoms. The van der Waals surface area contributed by atoms with E-state index in [-0.39, 0.29) is 11.3 Å². The van der Waals surface area contributed by atoms with Gasteiger partial charge in [0.15, 0.2) is 0 Å². The molecule has 1 atom stereocenters. The summed E-state index contributed by atoms with van der Waals surface area (Å²) in [5.41, 5.74) is 1.19. The molecule has 0 aliphatic carbocycles. The minimum atomic E-state index is -0.706. The number of hydrogen-bond acceptors (Lipinski definition) is 5. The van der Waals surface area contributed by atoms with Crippen LogP contribution in [0.15, 0.2) is 66.8 Å². The van der Waals surface area contributed by atoms with Crippen LogP contribution in [0, 0.1) is 0 Å². The topological polar surface area (TPSA) is 76.1 Å². The summed E-state index contributed by atoms with van der Waals surface area (Å²) in [5, 5.41) is 11.2. The predicted octanol–water partition coefficient (Wildman–Crippen LogP) is 4.87. The molecule has 2 aromatic rings. The van der Waals surface area contributed by atoms with Crippen molar-refractivity contribution in [3.05, 3.63) is 77.9 Å². The van der Waals surface area contributed by atoms with Gasteiger partial charge in [0.05, 0.1) is 18.2 Å². The predicted molar refractivity (Wildman–Crippen MR) is 124 cm³/mol. The highest BCUT2D eigenvalue weighted by molar-refractivity contribution is 6.46. The van der Waals surface area contributed by atoms with Crippen molar-refractivity contribution in [2.24, 2.45) is 0 Å². The summed E-state index contributed by atoms with van der Waals surface area (Å²) in [5.74, 6) is -0.340. The zero-order valence-electron chi connectivity index (χ0n) is 18.5. The highest BCUT2D eigenvalue weighted by Crippen LogP contribution is 2.40. The van der Waals surface area contributed by atoms with Crippen molar-refractivity contribution in [1.29, 1.82) is 0 Å². The quantitative estimate of drug-likeness (QED) is 0.249. The number of benzene rings is 2. The molecule has 1 saturated heterocycles. The van der Waals surface area contributed by atoms with E-state index < -0.39 is 17.7 Å². The molecular weight excluding hydrogens is 406 g/mol. The molecule has 1 N–H and O–H groups in total. The fourth-order valence-corrected chi connectivity index (χ4v) is 3.74. The van der Waals surface area contributed by atoms with Crippen LogP contribution in [0.2, 0.25) is 0 Å². The number of likely N-dealkylation sites (tertiary alicyclic amines) is 1. The monoisotopic (exact) mass is 435 g/mol. The number of amides is 1. The Kier molecular flexibility index (Phi) is 7.71. The number of ketones is 1. The number of carbonyl (C=O) groups excluding carboxylic acids is 2. The summed E-state index contributed by atoms with van der Waals surface area (Å²) < 4.78 is 11.3. The molecular formula is C26H29NO5. The number of nitrogens with zero attached hydrogens (tertiary/aromatic N) is 1. The number of Topliss-reactive ketones (excluding diaryl/α,β-unsaturated/α-hetero) is 1. The largest absolute Gasteiger partial charge is 0.507 e. The maximum atomic E-state index is 13.0. The van der Waals surface area contributed by atoms with Crippen molar-refractivity contribution >= 4 is 17.4 Å². The van der Waals surface area contributed by atoms with Crippen LogP contribution in [0.5, 0.6) is 11.5 Å². The van der Waals surface area contributed by atoms with Crippen LogP contribution in [0.4, 0.5) is 0 Å². The second kappa shape index (κ2) is 10.7. The molecule has 1 amide bonds. The third-order valence-electron chi connectivity index (χ3n) is 5.13. The number of carbonyl (C=O) groups is 2. The Morgan fingerprint density at radius 2 is 1.78 bits per heavy atom. The minimum Gasteiger partial charge on any atom is -0.507 e. The molecule has 0 radical (unpaired) electrons. The molecule has 32 heavy (non-hydrogen) atoms. The lowest BCUT2D eigenvalue weighted by atomic mass is 9.95. The van der Waals surface area contributed by atoms with Gasteiger partial charge in [-0.1, -0.05) is 50.8 Å². The lowest BCUT2D eigenvalue weighted by molar-refractivity contribution is -0.139. The lowest BCUT2D eigenvalue weighted by Crippen LogP contribution is -2.30. The van der Waals surface area contributed by atoms with Crippen LogP contribution in [-0.2, 0) is 9.59 Å². The van der Waals surface area contributed by atoms with Gasteiger partial charge in [-0.2, -0.15) is 0 Å². The van der Waals surface area contributed by atoms with Crippen LogP contribution in [0.1, 0.15) is 43.9 Å². The smallest absolute Gasteiger partial charge is 0.295 e. The van der Waals surface area contributed by atoms with Gasteiger partial charge in [0.2, 0.25) is 0 Å². The SMILES string of the molecule is C=CCOc1cccc(C2/C(=C(/O)c3cccc(OCCC)c3)C(=O)C(=O)N2CCC)c1. The molecule has 0 aromatic heterocycles. The molecule has 0 spiro atoms. The van der Waals surface area contributed by atoms with Crippen molar-refractivity contribution < 1.29 is 24.2 Å². The van der Waals surface area contributed by atoms with Crippen LogP contribution >= 0.6 is 0 Å². The third kappa shape index (κ3) is 4.85. The zero-order valence-corrected chi connectivity index (χ0v) is 18.5. The van der Waals surface area contributed by atoms with Gasteiger partial charge in [-0.15, -0.1) is 0 Å². The van der Waals surface area contributed by atoms with Crippen molar-refractivity contribution in [2.75, 3.05) is 19.8 Å². The summed E-state index contributed by atoms with van der Waals surface area (Å²) in [4.78, 5) is 27.4. The van der Waals surface area contributed by atoms with Crippen molar-refractivity contribution in [3.63, 3.8) is 0 Å². The molecule has 0 saturated carbocycles. The Bertz CT molecular complexity index is 1030. The Morgan fingerprint density at radius 3 is 2.47 bits per heavy atom. The van der Waals surface area contributed by atoms with E-state index in [0.29, 0.717) is 48.8 Å². The van der Waals surface area contributed by atoms with Gasteiger partial charge in [0.25, 0.3) is 11.7 Å². The number of aliphatic hydroxyl groups excluding tert-OH is 1. The molecule has 3 rings (SSSR count). The Morgan fingerprint density at radius 1 is 1.06 bits per heavy atom. The number of hydrogen-bond donors (Lipinski definition) is 1. The van der Waals surface area contributed by atoms with E-state index in [9.17, 15) is 14.7 Å². The first-order valence-electron chi connectivity index (χ1n) is 10.9. The van der Waals surface area contributed by atoms with Crippen LogP contribution in [0.3, 0.4) is 0 Å². The summed E-state index contributed by atoms with van der Waals surface area (Å²) >= 11 is 0. The molecule has 1 aliphatic heterocycles. The number of ether oxygens (including phenoxy) is 2.